The fourth-order valence-corrected chi connectivity index (χ4v) is 2.66. The second-order valence-electron chi connectivity index (χ2n) is 5.55. The van der Waals surface area contributed by atoms with Crippen molar-refractivity contribution >= 4 is 17.4 Å². The molecule has 0 saturated carbocycles. The average Bonchev–Trinajstić information content (AvgIpc) is 3.06. The van der Waals surface area contributed by atoms with E-state index >= 15 is 0 Å². The topological polar surface area (TPSA) is 70.4 Å². The molecule has 2 aromatic carbocycles. The van der Waals surface area contributed by atoms with Crippen molar-refractivity contribution in [3.8, 4) is 11.8 Å². The third-order valence-electron chi connectivity index (χ3n) is 3.89. The Morgan fingerprint density at radius 2 is 2.04 bits per heavy atom. The van der Waals surface area contributed by atoms with E-state index in [-0.39, 0.29) is 18.3 Å². The third-order valence-corrected chi connectivity index (χ3v) is 3.89. The van der Waals surface area contributed by atoms with Crippen molar-refractivity contribution < 1.29 is 14.3 Å². The summed E-state index contributed by atoms with van der Waals surface area (Å²) in [6, 6.07) is 15.7. The number of rotatable bonds is 5. The highest BCUT2D eigenvalue weighted by molar-refractivity contribution is 6.00. The lowest BCUT2D eigenvalue weighted by Gasteiger charge is -2.16. The van der Waals surface area contributed by atoms with Crippen molar-refractivity contribution in [1.82, 2.24) is 0 Å². The summed E-state index contributed by atoms with van der Waals surface area (Å²) < 4.78 is 5.47. The fraction of sp³-hybridized carbons (Fsp3) is 0.211. The van der Waals surface area contributed by atoms with Gasteiger partial charge in [-0.15, -0.1) is 0 Å². The molecule has 1 aliphatic heterocycles. The molecule has 2 aromatic rings. The van der Waals surface area contributed by atoms with Crippen LogP contribution in [0.3, 0.4) is 0 Å². The minimum Gasteiger partial charge on any atom is -0.485 e. The first-order valence-corrected chi connectivity index (χ1v) is 7.74. The SMILES string of the molecule is N#Cc1cccc(OCC(=O)c2cccc(N3CCCC3=O)c2)c1. The molecule has 0 aliphatic carbocycles. The minimum absolute atomic E-state index is 0.0872. The van der Waals surface area contributed by atoms with Crippen molar-refractivity contribution in [2.24, 2.45) is 0 Å². The van der Waals surface area contributed by atoms with Crippen molar-refractivity contribution in [3.05, 3.63) is 59.7 Å². The molecule has 0 aromatic heterocycles. The van der Waals surface area contributed by atoms with Gasteiger partial charge in [-0.2, -0.15) is 5.26 Å². The molecule has 1 aliphatic rings. The van der Waals surface area contributed by atoms with Gasteiger partial charge >= 0.3 is 0 Å². The first-order chi connectivity index (χ1) is 11.7. The molecule has 1 saturated heterocycles. The Bertz CT molecular complexity index is 823. The van der Waals surface area contributed by atoms with Gasteiger partial charge in [0, 0.05) is 24.2 Å². The highest BCUT2D eigenvalue weighted by Crippen LogP contribution is 2.22. The number of amides is 1. The zero-order valence-electron chi connectivity index (χ0n) is 13.1. The number of anilines is 1. The number of benzene rings is 2. The molecule has 5 nitrogen and oxygen atoms in total. The molecule has 1 amide bonds. The van der Waals surface area contributed by atoms with Gasteiger partial charge in [-0.05, 0) is 36.8 Å². The van der Waals surface area contributed by atoms with Gasteiger partial charge in [-0.1, -0.05) is 18.2 Å². The molecule has 1 fully saturated rings. The summed E-state index contributed by atoms with van der Waals surface area (Å²) in [5.41, 5.74) is 1.73. The molecule has 1 heterocycles. The Balaban J connectivity index is 1.69. The lowest BCUT2D eigenvalue weighted by Crippen LogP contribution is -2.24. The Labute approximate surface area is 140 Å². The van der Waals surface area contributed by atoms with E-state index in [0.29, 0.717) is 29.8 Å². The summed E-state index contributed by atoms with van der Waals surface area (Å²) in [4.78, 5) is 25.8. The summed E-state index contributed by atoms with van der Waals surface area (Å²) in [5, 5.41) is 8.87. The Hall–Kier alpha value is -3.13. The van der Waals surface area contributed by atoms with Crippen molar-refractivity contribution in [2.45, 2.75) is 12.8 Å². The van der Waals surface area contributed by atoms with Gasteiger partial charge in [0.15, 0.2) is 12.4 Å². The van der Waals surface area contributed by atoms with Gasteiger partial charge in [0.1, 0.15) is 5.75 Å². The average molecular weight is 320 g/mol. The molecule has 0 bridgehead atoms. The Kier molecular flexibility index (Phi) is 4.57. The Morgan fingerprint density at radius 1 is 1.21 bits per heavy atom. The van der Waals surface area contributed by atoms with Crippen molar-refractivity contribution in [2.75, 3.05) is 18.1 Å². The van der Waals surface area contributed by atoms with Crippen LogP contribution in [0.1, 0.15) is 28.8 Å². The number of hydrogen-bond donors (Lipinski definition) is 0. The van der Waals surface area contributed by atoms with Crippen LogP contribution in [0.4, 0.5) is 5.69 Å². The maximum atomic E-state index is 12.3. The van der Waals surface area contributed by atoms with Crippen LogP contribution >= 0.6 is 0 Å². The van der Waals surface area contributed by atoms with E-state index in [1.54, 1.807) is 47.4 Å². The van der Waals surface area contributed by atoms with Gasteiger partial charge in [-0.25, -0.2) is 0 Å². The maximum Gasteiger partial charge on any atom is 0.227 e. The first-order valence-electron chi connectivity index (χ1n) is 7.74. The summed E-state index contributed by atoms with van der Waals surface area (Å²) >= 11 is 0. The number of ether oxygens (including phenoxy) is 1. The highest BCUT2D eigenvalue weighted by Gasteiger charge is 2.22. The van der Waals surface area contributed by atoms with Gasteiger partial charge < -0.3 is 9.64 Å². The second kappa shape index (κ2) is 6.97. The number of nitrogens with zero attached hydrogens (tertiary/aromatic N) is 2. The molecular formula is C19H16N2O3. The molecule has 3 rings (SSSR count). The van der Waals surface area contributed by atoms with Crippen LogP contribution in [0.15, 0.2) is 48.5 Å². The molecule has 0 atom stereocenters. The summed E-state index contributed by atoms with van der Waals surface area (Å²) in [7, 11) is 0. The molecule has 5 heteroatoms. The number of carbonyl (C=O) groups excluding carboxylic acids is 2. The fourth-order valence-electron chi connectivity index (χ4n) is 2.66. The number of ketones is 1. The molecular weight excluding hydrogens is 304 g/mol. The molecule has 0 N–H and O–H groups in total. The molecule has 24 heavy (non-hydrogen) atoms. The summed E-state index contributed by atoms with van der Waals surface area (Å²) in [5.74, 6) is 0.392. The van der Waals surface area contributed by atoms with Gasteiger partial charge in [0.2, 0.25) is 5.91 Å². The quantitative estimate of drug-likeness (QED) is 0.794. The van der Waals surface area contributed by atoms with E-state index in [1.807, 2.05) is 12.1 Å². The predicted octanol–water partition coefficient (Wildman–Crippen LogP) is 2.95. The largest absolute Gasteiger partial charge is 0.485 e. The Morgan fingerprint density at radius 3 is 2.79 bits per heavy atom. The zero-order valence-corrected chi connectivity index (χ0v) is 13.1. The van der Waals surface area contributed by atoms with E-state index in [4.69, 9.17) is 10.00 Å². The van der Waals surface area contributed by atoms with Crippen molar-refractivity contribution in [3.63, 3.8) is 0 Å². The van der Waals surface area contributed by atoms with Crippen LogP contribution < -0.4 is 9.64 Å². The van der Waals surface area contributed by atoms with Crippen LogP contribution in [-0.2, 0) is 4.79 Å². The monoisotopic (exact) mass is 320 g/mol. The van der Waals surface area contributed by atoms with Gasteiger partial charge in [0.05, 0.1) is 11.6 Å². The van der Waals surface area contributed by atoms with Crippen LogP contribution in [0.2, 0.25) is 0 Å². The summed E-state index contributed by atoms with van der Waals surface area (Å²) in [6.07, 6.45) is 1.39. The van der Waals surface area contributed by atoms with E-state index in [0.717, 1.165) is 12.1 Å². The minimum atomic E-state index is -0.175. The van der Waals surface area contributed by atoms with Gasteiger partial charge in [-0.3, -0.25) is 9.59 Å². The van der Waals surface area contributed by atoms with Crippen LogP contribution in [0, 0.1) is 11.3 Å². The normalized spacial score (nSPS) is 13.6. The maximum absolute atomic E-state index is 12.3. The number of nitriles is 1. The smallest absolute Gasteiger partial charge is 0.227 e. The molecule has 0 radical (unpaired) electrons. The van der Waals surface area contributed by atoms with Crippen LogP contribution in [-0.4, -0.2) is 24.8 Å². The van der Waals surface area contributed by atoms with E-state index < -0.39 is 0 Å². The molecule has 120 valence electrons. The predicted molar refractivity (Wildman–Crippen MR) is 89.0 cm³/mol. The lowest BCUT2D eigenvalue weighted by atomic mass is 10.1. The third kappa shape index (κ3) is 3.44. The standard InChI is InChI=1S/C19H16N2O3/c20-12-14-4-1-7-17(10-14)24-13-18(22)15-5-2-6-16(11-15)21-9-3-8-19(21)23/h1-2,4-7,10-11H,3,8-9,13H2. The second-order valence-corrected chi connectivity index (χ2v) is 5.55. The number of Topliss-reactive ketones (excluding diaryl/α,β-unsaturated/α-hetero) is 1. The van der Waals surface area contributed by atoms with E-state index in [9.17, 15) is 9.59 Å². The van der Waals surface area contributed by atoms with Crippen LogP contribution in [0.5, 0.6) is 5.75 Å². The van der Waals surface area contributed by atoms with Crippen molar-refractivity contribution in [1.29, 1.82) is 5.26 Å². The van der Waals surface area contributed by atoms with E-state index in [1.165, 1.54) is 0 Å². The molecule has 0 unspecified atom stereocenters. The summed E-state index contributed by atoms with van der Waals surface area (Å²) in [6.45, 7) is 0.570. The number of hydrogen-bond acceptors (Lipinski definition) is 4. The highest BCUT2D eigenvalue weighted by atomic mass is 16.5. The number of carbonyl (C=O) groups is 2. The molecule has 0 spiro atoms. The van der Waals surface area contributed by atoms with Crippen LogP contribution in [0.25, 0.3) is 0 Å². The lowest BCUT2D eigenvalue weighted by molar-refractivity contribution is -0.117. The first kappa shape index (κ1) is 15.8. The van der Waals surface area contributed by atoms with Gasteiger partial charge in [0.25, 0.3) is 0 Å². The van der Waals surface area contributed by atoms with E-state index in [2.05, 4.69) is 0 Å². The zero-order chi connectivity index (χ0) is 16.9.